The fourth-order valence-corrected chi connectivity index (χ4v) is 1.73. The molecule has 0 aromatic heterocycles. The number of aliphatic carboxylic acids is 1. The Kier molecular flexibility index (Phi) is 3.77. The third-order valence-electron chi connectivity index (χ3n) is 2.51. The molecular formula is C11H12F3NO2. The molecule has 0 aliphatic carbocycles. The molecule has 0 radical (unpaired) electrons. The normalized spacial score (nSPS) is 13.5. The van der Waals surface area contributed by atoms with Crippen molar-refractivity contribution in [1.82, 2.24) is 0 Å². The molecule has 6 heteroatoms. The van der Waals surface area contributed by atoms with Crippen LogP contribution in [0.25, 0.3) is 0 Å². The van der Waals surface area contributed by atoms with Gasteiger partial charge in [0.2, 0.25) is 0 Å². The average Bonchev–Trinajstić information content (AvgIpc) is 2.19. The molecule has 1 atom stereocenters. The predicted molar refractivity (Wildman–Crippen MR) is 55.6 cm³/mol. The molecule has 17 heavy (non-hydrogen) atoms. The molecule has 1 unspecified atom stereocenters. The predicted octanol–water partition coefficient (Wildman–Crippen LogP) is 2.14. The minimum absolute atomic E-state index is 0.255. The molecule has 94 valence electrons. The number of halogens is 3. The van der Waals surface area contributed by atoms with Crippen molar-refractivity contribution in [2.24, 2.45) is 5.73 Å². The highest BCUT2D eigenvalue weighted by Gasteiger charge is 2.37. The van der Waals surface area contributed by atoms with Crippen molar-refractivity contribution in [3.05, 3.63) is 34.9 Å². The second-order valence-electron chi connectivity index (χ2n) is 3.66. The number of benzene rings is 1. The van der Waals surface area contributed by atoms with E-state index in [-0.39, 0.29) is 17.7 Å². The zero-order valence-electron chi connectivity index (χ0n) is 9.08. The number of aryl methyl sites for hydroxylation is 1. The first-order chi connectivity index (χ1) is 7.79. The highest BCUT2D eigenvalue weighted by atomic mass is 19.4. The molecule has 0 heterocycles. The highest BCUT2D eigenvalue weighted by molar-refractivity contribution is 5.77. The van der Waals surface area contributed by atoms with Gasteiger partial charge in [0.15, 0.2) is 0 Å². The van der Waals surface area contributed by atoms with E-state index in [0.29, 0.717) is 0 Å². The van der Waals surface area contributed by atoms with Crippen LogP contribution in [-0.2, 0) is 11.0 Å². The maximum atomic E-state index is 12.8. The summed E-state index contributed by atoms with van der Waals surface area (Å²) in [5.41, 5.74) is 4.32. The molecule has 0 spiro atoms. The number of carboxylic acids is 1. The lowest BCUT2D eigenvalue weighted by Crippen LogP contribution is -2.25. The van der Waals surface area contributed by atoms with Crippen LogP contribution in [0.2, 0.25) is 0 Å². The SMILES string of the molecule is Cc1cccc(C(F)(F)F)c1C(CN)C(=O)O. The fourth-order valence-electron chi connectivity index (χ4n) is 1.73. The molecule has 0 amide bonds. The zero-order chi connectivity index (χ0) is 13.2. The molecule has 1 aromatic carbocycles. The van der Waals surface area contributed by atoms with E-state index in [4.69, 9.17) is 10.8 Å². The minimum atomic E-state index is -4.58. The van der Waals surface area contributed by atoms with Gasteiger partial charge in [0.05, 0.1) is 11.5 Å². The Hall–Kier alpha value is -1.56. The van der Waals surface area contributed by atoms with Crippen molar-refractivity contribution < 1.29 is 23.1 Å². The maximum Gasteiger partial charge on any atom is 0.416 e. The van der Waals surface area contributed by atoms with Crippen molar-refractivity contribution in [1.29, 1.82) is 0 Å². The monoisotopic (exact) mass is 247 g/mol. The Morgan fingerprint density at radius 3 is 2.47 bits per heavy atom. The molecular weight excluding hydrogens is 235 g/mol. The van der Waals surface area contributed by atoms with Crippen molar-refractivity contribution in [2.75, 3.05) is 6.54 Å². The molecule has 0 aliphatic heterocycles. The van der Waals surface area contributed by atoms with Crippen LogP contribution in [0.5, 0.6) is 0 Å². The average molecular weight is 247 g/mol. The summed E-state index contributed by atoms with van der Waals surface area (Å²) < 4.78 is 38.3. The van der Waals surface area contributed by atoms with E-state index in [2.05, 4.69) is 0 Å². The summed E-state index contributed by atoms with van der Waals surface area (Å²) in [6.45, 7) is 1.07. The van der Waals surface area contributed by atoms with Gasteiger partial charge in [-0.1, -0.05) is 12.1 Å². The molecule has 0 bridgehead atoms. The number of carboxylic acid groups (broad SMARTS) is 1. The Bertz CT molecular complexity index is 429. The molecule has 0 saturated carbocycles. The summed E-state index contributed by atoms with van der Waals surface area (Å²) in [6.07, 6.45) is -4.58. The number of hydrogen-bond acceptors (Lipinski definition) is 2. The van der Waals surface area contributed by atoms with E-state index in [1.165, 1.54) is 19.1 Å². The van der Waals surface area contributed by atoms with E-state index in [1.807, 2.05) is 0 Å². The van der Waals surface area contributed by atoms with Gasteiger partial charge in [0, 0.05) is 6.54 Å². The summed E-state index contributed by atoms with van der Waals surface area (Å²) >= 11 is 0. The molecule has 3 N–H and O–H groups in total. The minimum Gasteiger partial charge on any atom is -0.481 e. The van der Waals surface area contributed by atoms with Crippen LogP contribution in [0.15, 0.2) is 18.2 Å². The van der Waals surface area contributed by atoms with Crippen LogP contribution < -0.4 is 5.73 Å². The summed E-state index contributed by atoms with van der Waals surface area (Å²) in [5.74, 6) is -2.69. The van der Waals surface area contributed by atoms with Gasteiger partial charge in [-0.25, -0.2) is 0 Å². The van der Waals surface area contributed by atoms with Crippen molar-refractivity contribution in [2.45, 2.75) is 19.0 Å². The summed E-state index contributed by atoms with van der Waals surface area (Å²) in [4.78, 5) is 10.9. The van der Waals surface area contributed by atoms with Gasteiger partial charge in [-0.15, -0.1) is 0 Å². The summed E-state index contributed by atoms with van der Waals surface area (Å²) in [7, 11) is 0. The Balaban J connectivity index is 3.44. The first kappa shape index (κ1) is 13.5. The number of hydrogen-bond donors (Lipinski definition) is 2. The lowest BCUT2D eigenvalue weighted by Gasteiger charge is -2.19. The third kappa shape index (κ3) is 2.76. The van der Waals surface area contributed by atoms with Crippen molar-refractivity contribution in [3.8, 4) is 0 Å². The number of alkyl halides is 3. The lowest BCUT2D eigenvalue weighted by molar-refractivity contribution is -0.141. The molecule has 1 aromatic rings. The van der Waals surface area contributed by atoms with Gasteiger partial charge in [-0.3, -0.25) is 4.79 Å². The van der Waals surface area contributed by atoms with E-state index in [1.54, 1.807) is 0 Å². The molecule has 0 fully saturated rings. The first-order valence-corrected chi connectivity index (χ1v) is 4.88. The highest BCUT2D eigenvalue weighted by Crippen LogP contribution is 2.36. The number of nitrogens with two attached hydrogens (primary N) is 1. The van der Waals surface area contributed by atoms with Gasteiger partial charge < -0.3 is 10.8 Å². The molecule has 1 rings (SSSR count). The van der Waals surface area contributed by atoms with E-state index in [9.17, 15) is 18.0 Å². The largest absolute Gasteiger partial charge is 0.481 e. The lowest BCUT2D eigenvalue weighted by atomic mass is 9.90. The second kappa shape index (κ2) is 4.75. The first-order valence-electron chi connectivity index (χ1n) is 4.88. The third-order valence-corrected chi connectivity index (χ3v) is 2.51. The molecule has 0 saturated heterocycles. The van der Waals surface area contributed by atoms with Crippen molar-refractivity contribution >= 4 is 5.97 Å². The van der Waals surface area contributed by atoms with E-state index >= 15 is 0 Å². The zero-order valence-corrected chi connectivity index (χ0v) is 9.08. The van der Waals surface area contributed by atoms with Crippen LogP contribution in [0.4, 0.5) is 13.2 Å². The van der Waals surface area contributed by atoms with Gasteiger partial charge in [0.25, 0.3) is 0 Å². The fraction of sp³-hybridized carbons (Fsp3) is 0.364. The smallest absolute Gasteiger partial charge is 0.416 e. The van der Waals surface area contributed by atoms with Gasteiger partial charge in [-0.05, 0) is 24.1 Å². The Morgan fingerprint density at radius 2 is 2.06 bits per heavy atom. The van der Waals surface area contributed by atoms with Gasteiger partial charge in [-0.2, -0.15) is 13.2 Å². The Labute approximate surface area is 96.0 Å². The number of carbonyl (C=O) groups is 1. The second-order valence-corrected chi connectivity index (χ2v) is 3.66. The quantitative estimate of drug-likeness (QED) is 0.860. The van der Waals surface area contributed by atoms with Crippen LogP contribution in [0.1, 0.15) is 22.6 Å². The van der Waals surface area contributed by atoms with Gasteiger partial charge >= 0.3 is 12.1 Å². The Morgan fingerprint density at radius 1 is 1.47 bits per heavy atom. The van der Waals surface area contributed by atoms with Crippen LogP contribution >= 0.6 is 0 Å². The maximum absolute atomic E-state index is 12.8. The van der Waals surface area contributed by atoms with Crippen molar-refractivity contribution in [3.63, 3.8) is 0 Å². The standard InChI is InChI=1S/C11H12F3NO2/c1-6-3-2-4-8(11(12,13)14)9(6)7(5-15)10(16)17/h2-4,7H,5,15H2,1H3,(H,16,17). The van der Waals surface area contributed by atoms with E-state index < -0.39 is 23.6 Å². The van der Waals surface area contributed by atoms with Gasteiger partial charge in [0.1, 0.15) is 0 Å². The summed E-state index contributed by atoms with van der Waals surface area (Å²) in [6, 6.07) is 3.56. The topological polar surface area (TPSA) is 63.3 Å². The van der Waals surface area contributed by atoms with Crippen LogP contribution in [0, 0.1) is 6.92 Å². The number of rotatable bonds is 3. The molecule has 0 aliphatic rings. The molecule has 3 nitrogen and oxygen atoms in total. The van der Waals surface area contributed by atoms with Crippen LogP contribution in [0.3, 0.4) is 0 Å². The summed E-state index contributed by atoms with van der Waals surface area (Å²) in [5, 5.41) is 8.89. The van der Waals surface area contributed by atoms with E-state index in [0.717, 1.165) is 6.07 Å². The van der Waals surface area contributed by atoms with Crippen LogP contribution in [-0.4, -0.2) is 17.6 Å².